The second-order valence-electron chi connectivity index (χ2n) is 6.09. The summed E-state index contributed by atoms with van der Waals surface area (Å²) < 4.78 is 0. The van der Waals surface area contributed by atoms with E-state index in [9.17, 15) is 0 Å². The fraction of sp³-hybridized carbons (Fsp3) is 0.412. The second kappa shape index (κ2) is 4.44. The van der Waals surface area contributed by atoms with E-state index in [1.54, 1.807) is 0 Å². The molecule has 0 spiro atoms. The number of allylic oxidation sites excluding steroid dienone is 2. The van der Waals surface area contributed by atoms with Gasteiger partial charge in [0.15, 0.2) is 0 Å². The Morgan fingerprint density at radius 3 is 2.63 bits per heavy atom. The van der Waals surface area contributed by atoms with E-state index >= 15 is 0 Å². The first-order valence-corrected chi connectivity index (χ1v) is 6.81. The molecule has 0 unspecified atom stereocenters. The van der Waals surface area contributed by atoms with Crippen LogP contribution in [0, 0.1) is 5.41 Å². The normalized spacial score (nSPS) is 17.3. The summed E-state index contributed by atoms with van der Waals surface area (Å²) in [5.41, 5.74) is 12.9. The smallest absolute Gasteiger partial charge is 0.0446 e. The molecule has 0 saturated carbocycles. The van der Waals surface area contributed by atoms with Crippen LogP contribution >= 0.6 is 0 Å². The van der Waals surface area contributed by atoms with Crippen LogP contribution in [0.3, 0.4) is 0 Å². The fourth-order valence-electron chi connectivity index (χ4n) is 2.78. The van der Waals surface area contributed by atoms with Gasteiger partial charge < -0.3 is 10.6 Å². The van der Waals surface area contributed by atoms with E-state index in [0.717, 1.165) is 35.4 Å². The average molecular weight is 256 g/mol. The first-order chi connectivity index (χ1) is 8.77. The van der Waals surface area contributed by atoms with Gasteiger partial charge in [0, 0.05) is 35.1 Å². The lowest BCUT2D eigenvalue weighted by atomic mass is 9.78. The molecule has 1 aliphatic rings. The Morgan fingerprint density at radius 1 is 1.42 bits per heavy atom. The zero-order valence-corrected chi connectivity index (χ0v) is 12.5. The number of benzene rings is 1. The quantitative estimate of drug-likeness (QED) is 0.803. The van der Waals surface area contributed by atoms with Crippen LogP contribution in [-0.4, -0.2) is 7.05 Å². The molecule has 0 aromatic heterocycles. The van der Waals surface area contributed by atoms with Gasteiger partial charge >= 0.3 is 0 Å². The van der Waals surface area contributed by atoms with Crippen molar-refractivity contribution >= 4 is 16.9 Å². The molecule has 0 aliphatic carbocycles. The molecule has 0 saturated heterocycles. The highest BCUT2D eigenvalue weighted by molar-refractivity contribution is 5.80. The van der Waals surface area contributed by atoms with Crippen LogP contribution < -0.4 is 10.6 Å². The largest absolute Gasteiger partial charge is 0.398 e. The predicted octanol–water partition coefficient (Wildman–Crippen LogP) is 4.22. The molecule has 0 amide bonds. The van der Waals surface area contributed by atoms with Crippen LogP contribution in [0.2, 0.25) is 0 Å². The third-order valence-corrected chi connectivity index (χ3v) is 4.24. The van der Waals surface area contributed by atoms with Crippen molar-refractivity contribution in [2.24, 2.45) is 5.41 Å². The van der Waals surface area contributed by atoms with E-state index in [4.69, 9.17) is 5.73 Å². The van der Waals surface area contributed by atoms with Crippen molar-refractivity contribution < 1.29 is 0 Å². The summed E-state index contributed by atoms with van der Waals surface area (Å²) in [5, 5.41) is 0. The molecule has 1 aromatic carbocycles. The molecule has 1 aromatic rings. The van der Waals surface area contributed by atoms with Gasteiger partial charge in [0.05, 0.1) is 0 Å². The third-order valence-electron chi connectivity index (χ3n) is 4.24. The van der Waals surface area contributed by atoms with Gasteiger partial charge in [0.1, 0.15) is 0 Å². The summed E-state index contributed by atoms with van der Waals surface area (Å²) in [4.78, 5) is 2.19. The summed E-state index contributed by atoms with van der Waals surface area (Å²) in [6.45, 7) is 14.9. The Morgan fingerprint density at radius 2 is 2.05 bits per heavy atom. The first-order valence-electron chi connectivity index (χ1n) is 6.81. The molecule has 1 heterocycles. The summed E-state index contributed by atoms with van der Waals surface area (Å²) in [6.07, 6.45) is 1.90. The van der Waals surface area contributed by atoms with Crippen LogP contribution in [0.25, 0.3) is 5.57 Å². The van der Waals surface area contributed by atoms with Gasteiger partial charge in [-0.25, -0.2) is 0 Å². The SMILES string of the molecule is C=C(CC)c1cc2c(cc1N)CC(C)(C)C(=C)N2C. The van der Waals surface area contributed by atoms with E-state index in [1.165, 1.54) is 11.3 Å². The maximum atomic E-state index is 6.19. The van der Waals surface area contributed by atoms with Crippen LogP contribution in [0.5, 0.6) is 0 Å². The number of nitrogen functional groups attached to an aromatic ring is 1. The monoisotopic (exact) mass is 256 g/mol. The highest BCUT2D eigenvalue weighted by atomic mass is 15.1. The maximum Gasteiger partial charge on any atom is 0.0446 e. The molecule has 2 N–H and O–H groups in total. The minimum atomic E-state index is 0.0808. The average Bonchev–Trinajstić information content (AvgIpc) is 2.34. The molecule has 2 heteroatoms. The van der Waals surface area contributed by atoms with E-state index in [2.05, 4.69) is 58.0 Å². The number of rotatable bonds is 2. The predicted molar refractivity (Wildman–Crippen MR) is 85.2 cm³/mol. The van der Waals surface area contributed by atoms with E-state index in [1.807, 2.05) is 0 Å². The van der Waals surface area contributed by atoms with Gasteiger partial charge in [-0.05, 0) is 36.1 Å². The third kappa shape index (κ3) is 2.16. The van der Waals surface area contributed by atoms with Gasteiger partial charge in [0.2, 0.25) is 0 Å². The van der Waals surface area contributed by atoms with Gasteiger partial charge in [0.25, 0.3) is 0 Å². The maximum absolute atomic E-state index is 6.19. The first kappa shape index (κ1) is 13.7. The van der Waals surface area contributed by atoms with E-state index in [-0.39, 0.29) is 5.41 Å². The van der Waals surface area contributed by atoms with Crippen LogP contribution in [0.4, 0.5) is 11.4 Å². The highest BCUT2D eigenvalue weighted by Gasteiger charge is 2.32. The van der Waals surface area contributed by atoms with Crippen molar-refractivity contribution in [3.05, 3.63) is 42.1 Å². The van der Waals surface area contributed by atoms with E-state index < -0.39 is 0 Å². The van der Waals surface area contributed by atoms with Gasteiger partial charge in [-0.15, -0.1) is 0 Å². The zero-order valence-electron chi connectivity index (χ0n) is 12.5. The molecule has 1 aliphatic heterocycles. The van der Waals surface area contributed by atoms with Crippen molar-refractivity contribution in [2.45, 2.75) is 33.6 Å². The Hall–Kier alpha value is -1.70. The standard InChI is InChI=1S/C17H24N2/c1-7-11(2)14-9-16-13(8-15(14)18)10-17(4,5)12(3)19(16)6/h8-9H,2-3,7,10,18H2,1,4-6H3. The van der Waals surface area contributed by atoms with Gasteiger partial charge in [-0.3, -0.25) is 0 Å². The van der Waals surface area contributed by atoms with Crippen LogP contribution in [0.15, 0.2) is 31.0 Å². The van der Waals surface area contributed by atoms with Gasteiger partial charge in [-0.1, -0.05) is 33.9 Å². The number of hydrogen-bond donors (Lipinski definition) is 1. The minimum Gasteiger partial charge on any atom is -0.398 e. The number of anilines is 2. The number of fused-ring (bicyclic) bond motifs is 1. The molecule has 0 atom stereocenters. The molecule has 0 radical (unpaired) electrons. The molecule has 19 heavy (non-hydrogen) atoms. The Bertz CT molecular complexity index is 553. The van der Waals surface area contributed by atoms with Crippen molar-refractivity contribution in [3.8, 4) is 0 Å². The second-order valence-corrected chi connectivity index (χ2v) is 6.09. The molecule has 2 rings (SSSR count). The van der Waals surface area contributed by atoms with E-state index in [0.29, 0.717) is 0 Å². The lowest BCUT2D eigenvalue weighted by molar-refractivity contribution is 0.422. The highest BCUT2D eigenvalue weighted by Crippen LogP contribution is 2.44. The zero-order chi connectivity index (χ0) is 14.4. The Labute approximate surface area is 116 Å². The fourth-order valence-corrected chi connectivity index (χ4v) is 2.78. The van der Waals surface area contributed by atoms with Crippen molar-refractivity contribution in [1.82, 2.24) is 0 Å². The van der Waals surface area contributed by atoms with Crippen molar-refractivity contribution in [3.63, 3.8) is 0 Å². The molecule has 102 valence electrons. The number of hydrogen-bond acceptors (Lipinski definition) is 2. The number of nitrogens with two attached hydrogens (primary N) is 1. The summed E-state index contributed by atoms with van der Waals surface area (Å²) in [7, 11) is 2.08. The Kier molecular flexibility index (Phi) is 3.21. The summed E-state index contributed by atoms with van der Waals surface area (Å²) in [6, 6.07) is 4.27. The summed E-state index contributed by atoms with van der Waals surface area (Å²) in [5.74, 6) is 0. The van der Waals surface area contributed by atoms with Gasteiger partial charge in [-0.2, -0.15) is 0 Å². The van der Waals surface area contributed by atoms with Crippen LogP contribution in [-0.2, 0) is 6.42 Å². The lowest BCUT2D eigenvalue weighted by Crippen LogP contribution is -2.35. The minimum absolute atomic E-state index is 0.0808. The molecule has 2 nitrogen and oxygen atoms in total. The molecule has 0 bridgehead atoms. The topological polar surface area (TPSA) is 29.3 Å². The molecular weight excluding hydrogens is 232 g/mol. The number of nitrogens with zero attached hydrogens (tertiary/aromatic N) is 1. The molecular formula is C17H24N2. The van der Waals surface area contributed by atoms with Crippen molar-refractivity contribution in [2.75, 3.05) is 17.7 Å². The molecule has 0 fully saturated rings. The van der Waals surface area contributed by atoms with Crippen LogP contribution in [0.1, 0.15) is 38.3 Å². The summed E-state index contributed by atoms with van der Waals surface area (Å²) >= 11 is 0. The Balaban J connectivity index is 2.58. The van der Waals surface area contributed by atoms with Crippen molar-refractivity contribution in [1.29, 1.82) is 0 Å². The lowest BCUT2D eigenvalue weighted by Gasteiger charge is -2.41.